The van der Waals surface area contributed by atoms with Crippen molar-refractivity contribution < 1.29 is 14.3 Å². The van der Waals surface area contributed by atoms with Crippen molar-refractivity contribution in [1.82, 2.24) is 0 Å². The average molecular weight is 400 g/mol. The van der Waals surface area contributed by atoms with Gasteiger partial charge in [0, 0.05) is 28.7 Å². The Morgan fingerprint density at radius 1 is 1.14 bits per heavy atom. The smallest absolute Gasteiger partial charge is 0.267 e. The number of ether oxygens (including phenoxy) is 2. The number of benzene rings is 2. The second kappa shape index (κ2) is 10.2. The Morgan fingerprint density at radius 2 is 1.86 bits per heavy atom. The van der Waals surface area contributed by atoms with E-state index in [-0.39, 0.29) is 5.57 Å². The number of nitrogens with zero attached hydrogens (tertiary/aromatic N) is 1. The van der Waals surface area contributed by atoms with Gasteiger partial charge >= 0.3 is 0 Å². The van der Waals surface area contributed by atoms with E-state index in [0.717, 1.165) is 5.56 Å². The topological polar surface area (TPSA) is 83.4 Å². The Kier molecular flexibility index (Phi) is 7.73. The molecule has 0 unspecified atom stereocenters. The highest BCUT2D eigenvalue weighted by molar-refractivity contribution is 6.31. The molecule has 0 atom stereocenters. The second-order valence-corrected chi connectivity index (χ2v) is 6.19. The zero-order chi connectivity index (χ0) is 20.5. The Bertz CT molecular complexity index is 920. The van der Waals surface area contributed by atoms with Gasteiger partial charge < -0.3 is 20.1 Å². The van der Waals surface area contributed by atoms with Crippen molar-refractivity contribution in [3.63, 3.8) is 0 Å². The summed E-state index contributed by atoms with van der Waals surface area (Å²) in [5.41, 5.74) is 1.98. The van der Waals surface area contributed by atoms with Gasteiger partial charge in [0.05, 0.1) is 13.2 Å². The minimum atomic E-state index is -0.531. The van der Waals surface area contributed by atoms with Crippen LogP contribution in [0.1, 0.15) is 19.4 Å². The highest BCUT2D eigenvalue weighted by Crippen LogP contribution is 2.30. The summed E-state index contributed by atoms with van der Waals surface area (Å²) in [6.07, 6.45) is 1.35. The number of carbonyl (C=O) groups excluding carboxylic acids is 1. The molecule has 1 amide bonds. The van der Waals surface area contributed by atoms with E-state index in [9.17, 15) is 10.1 Å². The predicted octanol–water partition coefficient (Wildman–Crippen LogP) is 4.90. The van der Waals surface area contributed by atoms with Gasteiger partial charge in [-0.05, 0) is 50.6 Å². The van der Waals surface area contributed by atoms with Crippen LogP contribution in [0, 0.1) is 18.3 Å². The van der Waals surface area contributed by atoms with Gasteiger partial charge in [-0.3, -0.25) is 4.79 Å². The van der Waals surface area contributed by atoms with E-state index in [4.69, 9.17) is 21.1 Å². The van der Waals surface area contributed by atoms with E-state index in [0.29, 0.717) is 41.1 Å². The number of nitrogens with one attached hydrogen (secondary N) is 2. The fourth-order valence-corrected chi connectivity index (χ4v) is 2.54. The summed E-state index contributed by atoms with van der Waals surface area (Å²) in [5.74, 6) is 0.685. The maximum Gasteiger partial charge on any atom is 0.267 e. The number of rotatable bonds is 8. The first-order valence-corrected chi connectivity index (χ1v) is 9.20. The highest BCUT2D eigenvalue weighted by atomic mass is 35.5. The van der Waals surface area contributed by atoms with Crippen molar-refractivity contribution in [3.05, 3.63) is 58.8 Å². The SMILES string of the molecule is CCOc1ccc(N/C=C(/C#N)C(=O)Nc2cc(Cl)ccc2C)cc1OCC. The molecule has 0 aliphatic carbocycles. The van der Waals surface area contributed by atoms with Gasteiger partial charge in [0.15, 0.2) is 11.5 Å². The molecular formula is C21H22ClN3O3. The number of hydrogen-bond donors (Lipinski definition) is 2. The van der Waals surface area contributed by atoms with Crippen LogP contribution in [0.3, 0.4) is 0 Å². The zero-order valence-corrected chi connectivity index (χ0v) is 16.8. The Balaban J connectivity index is 2.16. The molecule has 7 heteroatoms. The second-order valence-electron chi connectivity index (χ2n) is 5.76. The van der Waals surface area contributed by atoms with E-state index in [1.54, 1.807) is 36.4 Å². The minimum Gasteiger partial charge on any atom is -0.490 e. The van der Waals surface area contributed by atoms with Crippen LogP contribution in [-0.4, -0.2) is 19.1 Å². The lowest BCUT2D eigenvalue weighted by Gasteiger charge is -2.12. The van der Waals surface area contributed by atoms with Crippen LogP contribution in [0.4, 0.5) is 11.4 Å². The summed E-state index contributed by atoms with van der Waals surface area (Å²) >= 11 is 5.97. The summed E-state index contributed by atoms with van der Waals surface area (Å²) < 4.78 is 11.1. The monoisotopic (exact) mass is 399 g/mol. The van der Waals surface area contributed by atoms with Crippen LogP contribution < -0.4 is 20.1 Å². The Hall–Kier alpha value is -3.17. The van der Waals surface area contributed by atoms with Crippen molar-refractivity contribution in [2.24, 2.45) is 0 Å². The van der Waals surface area contributed by atoms with Gasteiger partial charge in [-0.1, -0.05) is 17.7 Å². The fraction of sp³-hybridized carbons (Fsp3) is 0.238. The summed E-state index contributed by atoms with van der Waals surface area (Å²) in [6.45, 7) is 6.63. The maximum absolute atomic E-state index is 12.4. The van der Waals surface area contributed by atoms with Gasteiger partial charge in [0.1, 0.15) is 11.6 Å². The van der Waals surface area contributed by atoms with Crippen LogP contribution in [0.25, 0.3) is 0 Å². The largest absolute Gasteiger partial charge is 0.490 e. The number of hydrogen-bond acceptors (Lipinski definition) is 5. The molecule has 2 aromatic rings. The van der Waals surface area contributed by atoms with Crippen LogP contribution in [-0.2, 0) is 4.79 Å². The number of halogens is 1. The number of aryl methyl sites for hydroxylation is 1. The lowest BCUT2D eigenvalue weighted by molar-refractivity contribution is -0.112. The first-order chi connectivity index (χ1) is 13.5. The Labute approximate surface area is 169 Å². The third-order valence-electron chi connectivity index (χ3n) is 3.74. The molecule has 2 N–H and O–H groups in total. The summed E-state index contributed by atoms with van der Waals surface area (Å²) in [6, 6.07) is 12.4. The van der Waals surface area contributed by atoms with E-state index >= 15 is 0 Å². The predicted molar refractivity (Wildman–Crippen MR) is 111 cm³/mol. The molecule has 0 saturated carbocycles. The van der Waals surface area contributed by atoms with Gasteiger partial charge in [-0.25, -0.2) is 0 Å². The van der Waals surface area contributed by atoms with E-state index in [1.165, 1.54) is 6.20 Å². The molecule has 0 saturated heterocycles. The van der Waals surface area contributed by atoms with E-state index < -0.39 is 5.91 Å². The van der Waals surface area contributed by atoms with Crippen LogP contribution in [0.2, 0.25) is 5.02 Å². The van der Waals surface area contributed by atoms with Crippen molar-refractivity contribution in [2.75, 3.05) is 23.8 Å². The van der Waals surface area contributed by atoms with Gasteiger partial charge in [-0.2, -0.15) is 5.26 Å². The standard InChI is InChI=1S/C21H22ClN3O3/c1-4-27-19-9-8-17(11-20(19)28-5-2)24-13-15(12-23)21(26)25-18-10-16(22)7-6-14(18)3/h6-11,13,24H,4-5H2,1-3H3,(H,25,26)/b15-13-. The molecule has 2 aromatic carbocycles. The summed E-state index contributed by atoms with van der Waals surface area (Å²) in [7, 11) is 0. The molecular weight excluding hydrogens is 378 g/mol. The lowest BCUT2D eigenvalue weighted by Crippen LogP contribution is -2.15. The molecule has 0 aliphatic rings. The number of amides is 1. The van der Waals surface area contributed by atoms with Crippen molar-refractivity contribution in [1.29, 1.82) is 5.26 Å². The average Bonchev–Trinajstić information content (AvgIpc) is 2.67. The number of nitriles is 1. The van der Waals surface area contributed by atoms with E-state index in [2.05, 4.69) is 10.6 Å². The molecule has 146 valence electrons. The first kappa shape index (κ1) is 21.1. The van der Waals surface area contributed by atoms with Crippen molar-refractivity contribution in [2.45, 2.75) is 20.8 Å². The molecule has 0 aromatic heterocycles. The normalized spacial score (nSPS) is 10.8. The molecule has 0 bridgehead atoms. The van der Waals surface area contributed by atoms with Crippen LogP contribution in [0.15, 0.2) is 48.2 Å². The first-order valence-electron chi connectivity index (χ1n) is 8.82. The van der Waals surface area contributed by atoms with Gasteiger partial charge in [-0.15, -0.1) is 0 Å². The molecule has 0 aliphatic heterocycles. The van der Waals surface area contributed by atoms with Crippen molar-refractivity contribution >= 4 is 28.9 Å². The highest BCUT2D eigenvalue weighted by Gasteiger charge is 2.12. The molecule has 6 nitrogen and oxygen atoms in total. The quantitative estimate of drug-likeness (QED) is 0.487. The molecule has 0 fully saturated rings. The molecule has 0 spiro atoms. The lowest BCUT2D eigenvalue weighted by atomic mass is 10.2. The third kappa shape index (κ3) is 5.66. The third-order valence-corrected chi connectivity index (χ3v) is 3.97. The van der Waals surface area contributed by atoms with Crippen molar-refractivity contribution in [3.8, 4) is 17.6 Å². The maximum atomic E-state index is 12.4. The molecule has 28 heavy (non-hydrogen) atoms. The summed E-state index contributed by atoms with van der Waals surface area (Å²) in [5, 5.41) is 15.5. The van der Waals surface area contributed by atoms with Gasteiger partial charge in [0.2, 0.25) is 0 Å². The fourth-order valence-electron chi connectivity index (χ4n) is 2.36. The Morgan fingerprint density at radius 3 is 2.54 bits per heavy atom. The zero-order valence-electron chi connectivity index (χ0n) is 16.0. The van der Waals surface area contributed by atoms with E-state index in [1.807, 2.05) is 26.8 Å². The number of anilines is 2. The molecule has 0 radical (unpaired) electrons. The van der Waals surface area contributed by atoms with Crippen LogP contribution >= 0.6 is 11.6 Å². The molecule has 2 rings (SSSR count). The van der Waals surface area contributed by atoms with Gasteiger partial charge in [0.25, 0.3) is 5.91 Å². The molecule has 0 heterocycles. The number of carbonyl (C=O) groups is 1. The minimum absolute atomic E-state index is 0.0776. The summed E-state index contributed by atoms with van der Waals surface area (Å²) in [4.78, 5) is 12.4. The van der Waals surface area contributed by atoms with Crippen LogP contribution in [0.5, 0.6) is 11.5 Å².